The summed E-state index contributed by atoms with van der Waals surface area (Å²) < 4.78 is 42.6. The highest BCUT2D eigenvalue weighted by Crippen LogP contribution is 2.41. The van der Waals surface area contributed by atoms with Crippen molar-refractivity contribution in [3.05, 3.63) is 59.2 Å². The Balaban J connectivity index is 1.74. The minimum absolute atomic E-state index is 0.0147. The van der Waals surface area contributed by atoms with Crippen LogP contribution in [0.3, 0.4) is 0 Å². The average molecular weight is 442 g/mol. The molecule has 6 nitrogen and oxygen atoms in total. The Kier molecular flexibility index (Phi) is 5.42. The average Bonchev–Trinajstić information content (AvgIpc) is 3.02. The Morgan fingerprint density at radius 3 is 2.53 bits per heavy atom. The second-order valence-electron chi connectivity index (χ2n) is 8.26. The number of aliphatic hydroxyl groups is 1. The van der Waals surface area contributed by atoms with Crippen molar-refractivity contribution < 1.29 is 23.1 Å². The zero-order chi connectivity index (χ0) is 23.1. The van der Waals surface area contributed by atoms with Crippen LogP contribution < -0.4 is 5.32 Å². The van der Waals surface area contributed by atoms with E-state index in [-0.39, 0.29) is 35.0 Å². The molecule has 0 radical (unpaired) electrons. The summed E-state index contributed by atoms with van der Waals surface area (Å²) in [5.74, 6) is -0.594. The van der Waals surface area contributed by atoms with Crippen LogP contribution in [0.15, 0.2) is 42.5 Å². The Labute approximate surface area is 182 Å². The van der Waals surface area contributed by atoms with Crippen LogP contribution in [0.5, 0.6) is 0 Å². The van der Waals surface area contributed by atoms with Gasteiger partial charge in [-0.3, -0.25) is 10.1 Å². The first-order chi connectivity index (χ1) is 15.1. The van der Waals surface area contributed by atoms with Gasteiger partial charge in [-0.2, -0.15) is 18.4 Å². The molecule has 9 heteroatoms. The van der Waals surface area contributed by atoms with Crippen LogP contribution >= 0.6 is 0 Å². The molecule has 1 aromatic heterocycles. The second-order valence-corrected chi connectivity index (χ2v) is 8.26. The molecule has 1 aliphatic carbocycles. The van der Waals surface area contributed by atoms with Crippen LogP contribution in [0.1, 0.15) is 55.3 Å². The van der Waals surface area contributed by atoms with Crippen molar-refractivity contribution in [2.75, 3.05) is 5.32 Å². The molecule has 1 heterocycles. The summed E-state index contributed by atoms with van der Waals surface area (Å²) in [7, 11) is 0. The third-order valence-electron chi connectivity index (χ3n) is 5.82. The maximum atomic E-state index is 13.7. The minimum atomic E-state index is -4.71. The number of benzene rings is 2. The molecule has 4 rings (SSSR count). The Morgan fingerprint density at radius 1 is 1.28 bits per heavy atom. The number of anilines is 1. The highest BCUT2D eigenvalue weighted by Gasteiger charge is 2.37. The molecule has 1 aliphatic rings. The van der Waals surface area contributed by atoms with E-state index in [1.165, 1.54) is 13.0 Å². The predicted molar refractivity (Wildman–Crippen MR) is 112 cm³/mol. The first-order valence-corrected chi connectivity index (χ1v) is 10.2. The molecule has 1 fully saturated rings. The number of fused-ring (bicyclic) bond motifs is 1. The van der Waals surface area contributed by atoms with Gasteiger partial charge < -0.3 is 9.67 Å². The number of carbonyl (C=O) groups excluding carboxylic acids is 1. The SMILES string of the molecule is C[C@](O)(CC(=O)Nc1nc2c(C(F)(F)F)cc(C#N)cc2n1C1CCC1)c1ccccc1. The molecule has 0 spiro atoms. The normalized spacial score (nSPS) is 16.2. The number of nitrogens with zero attached hydrogens (tertiary/aromatic N) is 3. The molecule has 32 heavy (non-hydrogen) atoms. The van der Waals surface area contributed by atoms with Crippen molar-refractivity contribution in [1.29, 1.82) is 5.26 Å². The number of hydrogen-bond donors (Lipinski definition) is 2. The van der Waals surface area contributed by atoms with Crippen molar-refractivity contribution in [2.45, 2.75) is 50.4 Å². The number of nitriles is 1. The maximum Gasteiger partial charge on any atom is 0.418 e. The van der Waals surface area contributed by atoms with Crippen LogP contribution in [0.2, 0.25) is 0 Å². The Morgan fingerprint density at radius 2 is 1.97 bits per heavy atom. The third kappa shape index (κ3) is 4.06. The number of halogens is 3. The summed E-state index contributed by atoms with van der Waals surface area (Å²) in [6, 6.07) is 12.4. The topological polar surface area (TPSA) is 90.9 Å². The van der Waals surface area contributed by atoms with Gasteiger partial charge in [0.25, 0.3) is 0 Å². The van der Waals surface area contributed by atoms with Gasteiger partial charge in [0.05, 0.1) is 34.7 Å². The lowest BCUT2D eigenvalue weighted by Gasteiger charge is -2.29. The lowest BCUT2D eigenvalue weighted by atomic mass is 9.92. The molecule has 0 aliphatic heterocycles. The first-order valence-electron chi connectivity index (χ1n) is 10.2. The molecular weight excluding hydrogens is 421 g/mol. The highest BCUT2D eigenvalue weighted by atomic mass is 19.4. The molecule has 2 N–H and O–H groups in total. The zero-order valence-corrected chi connectivity index (χ0v) is 17.3. The fraction of sp³-hybridized carbons (Fsp3) is 0.348. The van der Waals surface area contributed by atoms with Crippen LogP contribution in [0, 0.1) is 11.3 Å². The van der Waals surface area contributed by atoms with Crippen LogP contribution in [-0.2, 0) is 16.6 Å². The highest BCUT2D eigenvalue weighted by molar-refractivity contribution is 5.93. The van der Waals surface area contributed by atoms with E-state index in [1.807, 2.05) is 0 Å². The van der Waals surface area contributed by atoms with Gasteiger partial charge in [-0.25, -0.2) is 4.98 Å². The fourth-order valence-electron chi connectivity index (χ4n) is 3.96. The van der Waals surface area contributed by atoms with Gasteiger partial charge in [0.2, 0.25) is 11.9 Å². The smallest absolute Gasteiger partial charge is 0.385 e. The van der Waals surface area contributed by atoms with Gasteiger partial charge in [-0.05, 0) is 43.9 Å². The number of amides is 1. The van der Waals surface area contributed by atoms with Crippen LogP contribution in [-0.4, -0.2) is 20.6 Å². The number of alkyl halides is 3. The van der Waals surface area contributed by atoms with E-state index < -0.39 is 23.2 Å². The zero-order valence-electron chi connectivity index (χ0n) is 17.3. The molecule has 0 unspecified atom stereocenters. The monoisotopic (exact) mass is 442 g/mol. The van der Waals surface area contributed by atoms with Gasteiger partial charge in [0.1, 0.15) is 5.52 Å². The van der Waals surface area contributed by atoms with Crippen LogP contribution in [0.4, 0.5) is 19.1 Å². The molecule has 3 aromatic rings. The molecule has 0 saturated heterocycles. The van der Waals surface area contributed by atoms with E-state index in [2.05, 4.69) is 10.3 Å². The van der Waals surface area contributed by atoms with Gasteiger partial charge in [-0.1, -0.05) is 30.3 Å². The molecule has 1 saturated carbocycles. The molecule has 1 atom stereocenters. The third-order valence-corrected chi connectivity index (χ3v) is 5.82. The number of hydrogen-bond acceptors (Lipinski definition) is 4. The van der Waals surface area contributed by atoms with Crippen LogP contribution in [0.25, 0.3) is 11.0 Å². The summed E-state index contributed by atoms with van der Waals surface area (Å²) in [6.07, 6.45) is -2.64. The van der Waals surface area contributed by atoms with E-state index in [4.69, 9.17) is 0 Å². The fourth-order valence-corrected chi connectivity index (χ4v) is 3.96. The van der Waals surface area contributed by atoms with Crippen molar-refractivity contribution in [3.8, 4) is 6.07 Å². The number of aromatic nitrogens is 2. The predicted octanol–water partition coefficient (Wildman–Crippen LogP) is 4.89. The lowest BCUT2D eigenvalue weighted by Crippen LogP contribution is -2.30. The lowest BCUT2D eigenvalue weighted by molar-refractivity contribution is -0.136. The maximum absolute atomic E-state index is 13.7. The Bertz CT molecular complexity index is 1210. The van der Waals surface area contributed by atoms with Gasteiger partial charge in [0.15, 0.2) is 0 Å². The summed E-state index contributed by atoms with van der Waals surface area (Å²) in [6.45, 7) is 1.50. The summed E-state index contributed by atoms with van der Waals surface area (Å²) >= 11 is 0. The molecular formula is C23H21F3N4O2. The standard InChI is InChI=1S/C23H21F3N4O2/c1-22(32,15-6-3-2-4-7-15)12-19(31)28-21-29-20-17(23(24,25)26)10-14(13-27)11-18(20)30(21)16-8-5-9-16/h2-4,6-7,10-11,16,32H,5,8-9,12H2,1H3,(H,28,29,31)/t22-/m0/s1. The van der Waals surface area contributed by atoms with E-state index in [9.17, 15) is 28.3 Å². The number of nitrogens with one attached hydrogen (secondary N) is 1. The quantitative estimate of drug-likeness (QED) is 0.589. The number of carbonyl (C=O) groups is 1. The first kappa shape index (κ1) is 21.8. The summed E-state index contributed by atoms with van der Waals surface area (Å²) in [5.41, 5.74) is -2.23. The summed E-state index contributed by atoms with van der Waals surface area (Å²) in [4.78, 5) is 16.9. The minimum Gasteiger partial charge on any atom is -0.385 e. The number of rotatable bonds is 5. The largest absolute Gasteiger partial charge is 0.418 e. The van der Waals surface area contributed by atoms with E-state index >= 15 is 0 Å². The number of imidazole rings is 1. The van der Waals surface area contributed by atoms with Gasteiger partial charge in [0, 0.05) is 6.04 Å². The van der Waals surface area contributed by atoms with Crippen molar-refractivity contribution in [1.82, 2.24) is 9.55 Å². The molecule has 166 valence electrons. The second kappa shape index (κ2) is 7.95. The van der Waals surface area contributed by atoms with Crippen molar-refractivity contribution >= 4 is 22.9 Å². The molecule has 0 bridgehead atoms. The summed E-state index contributed by atoms with van der Waals surface area (Å²) in [5, 5.41) is 22.6. The molecule has 1 amide bonds. The van der Waals surface area contributed by atoms with Crippen molar-refractivity contribution in [3.63, 3.8) is 0 Å². The Hall–Kier alpha value is -3.38. The molecule has 2 aromatic carbocycles. The van der Waals surface area contributed by atoms with E-state index in [0.29, 0.717) is 5.56 Å². The van der Waals surface area contributed by atoms with Crippen molar-refractivity contribution in [2.24, 2.45) is 0 Å². The van der Waals surface area contributed by atoms with E-state index in [0.717, 1.165) is 25.3 Å². The van der Waals surface area contributed by atoms with E-state index in [1.54, 1.807) is 41.0 Å². The van der Waals surface area contributed by atoms with Gasteiger partial charge >= 0.3 is 6.18 Å². The van der Waals surface area contributed by atoms with Gasteiger partial charge in [-0.15, -0.1) is 0 Å².